The smallest absolute Gasteiger partial charge is 0.258 e. The average molecular weight is 271 g/mol. The number of hydrogen-bond acceptors (Lipinski definition) is 3. The largest absolute Gasteiger partial charge is 0.297 e. The molecule has 0 fully saturated rings. The van der Waals surface area contributed by atoms with Crippen LogP contribution in [-0.4, -0.2) is 14.7 Å². The second kappa shape index (κ2) is 4.71. The molecule has 2 rings (SSSR count). The first-order valence-corrected chi connectivity index (χ1v) is 5.18. The number of aryl methyl sites for hydroxylation is 1. The molecule has 0 amide bonds. The van der Waals surface area contributed by atoms with Crippen LogP contribution in [0.15, 0.2) is 24.4 Å². The summed E-state index contributed by atoms with van der Waals surface area (Å²) in [5.74, 6) is -0.784. The molecule has 1 aromatic heterocycles. The molecule has 8 heteroatoms. The summed E-state index contributed by atoms with van der Waals surface area (Å²) in [6, 6.07) is 2.84. The molecule has 0 bridgehead atoms. The fourth-order valence-electron chi connectivity index (χ4n) is 1.65. The van der Waals surface area contributed by atoms with Crippen LogP contribution in [0, 0.1) is 22.9 Å². The van der Waals surface area contributed by atoms with Crippen LogP contribution in [0.2, 0.25) is 0 Å². The normalized spacial score (nSPS) is 11.0. The molecule has 2 aromatic rings. The van der Waals surface area contributed by atoms with Gasteiger partial charge in [0.15, 0.2) is 0 Å². The van der Waals surface area contributed by atoms with Gasteiger partial charge in [-0.2, -0.15) is 5.10 Å². The first kappa shape index (κ1) is 13.1. The maximum absolute atomic E-state index is 13.0. The molecule has 0 unspecified atom stereocenters. The second-order valence-electron chi connectivity index (χ2n) is 3.83. The Morgan fingerprint density at radius 1 is 1.42 bits per heavy atom. The topological polar surface area (TPSA) is 61.0 Å². The third kappa shape index (κ3) is 2.42. The maximum atomic E-state index is 13.0. The molecule has 0 spiro atoms. The summed E-state index contributed by atoms with van der Waals surface area (Å²) in [5.41, 5.74) is -0.864. The molecule has 0 N–H and O–H groups in total. The van der Waals surface area contributed by atoms with Crippen molar-refractivity contribution in [2.45, 2.75) is 13.3 Å². The number of halogens is 3. The van der Waals surface area contributed by atoms with Gasteiger partial charge in [-0.1, -0.05) is 0 Å². The van der Waals surface area contributed by atoms with Crippen LogP contribution >= 0.6 is 0 Å². The number of alkyl halides is 2. The Morgan fingerprint density at radius 2 is 2.11 bits per heavy atom. The third-order valence-electron chi connectivity index (χ3n) is 2.52. The van der Waals surface area contributed by atoms with Crippen LogP contribution in [0.1, 0.15) is 17.7 Å². The standard InChI is InChI=1S/C11H8F3N3O2/c1-6-5-16(15-10(6)11(13)14)8-3-2-7(12)4-9(8)17(18)19/h2-5,11H,1H3. The highest BCUT2D eigenvalue weighted by molar-refractivity contribution is 5.52. The molecule has 0 radical (unpaired) electrons. The van der Waals surface area contributed by atoms with Gasteiger partial charge < -0.3 is 0 Å². The fourth-order valence-corrected chi connectivity index (χ4v) is 1.65. The molecule has 1 heterocycles. The first-order chi connectivity index (χ1) is 8.90. The van der Waals surface area contributed by atoms with Gasteiger partial charge in [0, 0.05) is 6.20 Å². The molecule has 0 saturated carbocycles. The van der Waals surface area contributed by atoms with Gasteiger partial charge in [0.25, 0.3) is 12.1 Å². The van der Waals surface area contributed by atoms with Gasteiger partial charge in [-0.05, 0) is 24.6 Å². The van der Waals surface area contributed by atoms with E-state index in [1.165, 1.54) is 13.1 Å². The molecule has 5 nitrogen and oxygen atoms in total. The fraction of sp³-hybridized carbons (Fsp3) is 0.182. The molecule has 19 heavy (non-hydrogen) atoms. The number of nitro groups is 1. The Hall–Kier alpha value is -2.38. The van der Waals surface area contributed by atoms with Crippen LogP contribution in [0.5, 0.6) is 0 Å². The van der Waals surface area contributed by atoms with Gasteiger partial charge in [0.05, 0.1) is 11.0 Å². The summed E-state index contributed by atoms with van der Waals surface area (Å²) in [4.78, 5) is 10.0. The van der Waals surface area contributed by atoms with E-state index in [1.807, 2.05) is 0 Å². The molecule has 0 aliphatic carbocycles. The lowest BCUT2D eigenvalue weighted by molar-refractivity contribution is -0.384. The van der Waals surface area contributed by atoms with E-state index in [-0.39, 0.29) is 11.3 Å². The Balaban J connectivity index is 2.59. The van der Waals surface area contributed by atoms with Gasteiger partial charge in [0.2, 0.25) is 0 Å². The molecule has 0 saturated heterocycles. The molecular weight excluding hydrogens is 263 g/mol. The number of benzene rings is 1. The highest BCUT2D eigenvalue weighted by Gasteiger charge is 2.21. The summed E-state index contributed by atoms with van der Waals surface area (Å²) in [7, 11) is 0. The Bertz CT molecular complexity index is 640. The Labute approximate surface area is 105 Å². The van der Waals surface area contributed by atoms with E-state index >= 15 is 0 Å². The minimum Gasteiger partial charge on any atom is -0.258 e. The van der Waals surface area contributed by atoms with E-state index in [0.29, 0.717) is 6.07 Å². The molecule has 0 aliphatic rings. The molecular formula is C11H8F3N3O2. The van der Waals surface area contributed by atoms with Crippen molar-refractivity contribution < 1.29 is 18.1 Å². The zero-order valence-corrected chi connectivity index (χ0v) is 9.68. The van der Waals surface area contributed by atoms with Crippen molar-refractivity contribution in [1.82, 2.24) is 9.78 Å². The number of hydrogen-bond donors (Lipinski definition) is 0. The van der Waals surface area contributed by atoms with Crippen molar-refractivity contribution in [2.75, 3.05) is 0 Å². The van der Waals surface area contributed by atoms with Crippen molar-refractivity contribution in [3.05, 3.63) is 51.6 Å². The van der Waals surface area contributed by atoms with Crippen LogP contribution in [0.3, 0.4) is 0 Å². The molecule has 0 aliphatic heterocycles. The van der Waals surface area contributed by atoms with Crippen molar-refractivity contribution in [3.63, 3.8) is 0 Å². The third-order valence-corrected chi connectivity index (χ3v) is 2.52. The lowest BCUT2D eigenvalue weighted by Gasteiger charge is -2.02. The Kier molecular flexibility index (Phi) is 3.24. The van der Waals surface area contributed by atoms with Crippen molar-refractivity contribution in [2.24, 2.45) is 0 Å². The number of nitrogens with zero attached hydrogens (tertiary/aromatic N) is 3. The van der Waals surface area contributed by atoms with E-state index in [0.717, 1.165) is 16.8 Å². The summed E-state index contributed by atoms with van der Waals surface area (Å²) in [6.45, 7) is 1.42. The van der Waals surface area contributed by atoms with E-state index in [4.69, 9.17) is 0 Å². The van der Waals surface area contributed by atoms with Gasteiger partial charge in [-0.25, -0.2) is 17.9 Å². The molecule has 0 atom stereocenters. The first-order valence-electron chi connectivity index (χ1n) is 5.18. The predicted octanol–water partition coefficient (Wildman–Crippen LogP) is 3.17. The highest BCUT2D eigenvalue weighted by Crippen LogP contribution is 2.27. The van der Waals surface area contributed by atoms with Gasteiger partial charge in [-0.15, -0.1) is 0 Å². The van der Waals surface area contributed by atoms with Gasteiger partial charge in [0.1, 0.15) is 17.2 Å². The zero-order valence-electron chi connectivity index (χ0n) is 9.68. The van der Waals surface area contributed by atoms with Crippen LogP contribution in [0.25, 0.3) is 5.69 Å². The zero-order chi connectivity index (χ0) is 14.2. The number of rotatable bonds is 3. The SMILES string of the molecule is Cc1cn(-c2ccc(F)cc2[N+](=O)[O-])nc1C(F)F. The summed E-state index contributed by atoms with van der Waals surface area (Å²) in [5, 5.41) is 14.4. The lowest BCUT2D eigenvalue weighted by atomic mass is 10.2. The summed E-state index contributed by atoms with van der Waals surface area (Å²) < 4.78 is 39.2. The molecule has 1 aromatic carbocycles. The quantitative estimate of drug-likeness (QED) is 0.636. The summed E-state index contributed by atoms with van der Waals surface area (Å²) in [6.07, 6.45) is -1.54. The second-order valence-corrected chi connectivity index (χ2v) is 3.83. The maximum Gasteiger partial charge on any atom is 0.297 e. The van der Waals surface area contributed by atoms with Crippen LogP contribution < -0.4 is 0 Å². The van der Waals surface area contributed by atoms with Gasteiger partial charge in [-0.3, -0.25) is 10.1 Å². The lowest BCUT2D eigenvalue weighted by Crippen LogP contribution is -2.02. The van der Waals surface area contributed by atoms with E-state index in [9.17, 15) is 23.3 Å². The van der Waals surface area contributed by atoms with Crippen LogP contribution in [0.4, 0.5) is 18.9 Å². The van der Waals surface area contributed by atoms with Crippen molar-refractivity contribution >= 4 is 5.69 Å². The number of aromatic nitrogens is 2. The molecule has 100 valence electrons. The highest BCUT2D eigenvalue weighted by atomic mass is 19.3. The Morgan fingerprint density at radius 3 is 2.63 bits per heavy atom. The van der Waals surface area contributed by atoms with Crippen molar-refractivity contribution in [1.29, 1.82) is 0 Å². The monoisotopic (exact) mass is 271 g/mol. The van der Waals surface area contributed by atoms with Gasteiger partial charge >= 0.3 is 0 Å². The minimum atomic E-state index is -2.78. The van der Waals surface area contributed by atoms with E-state index in [2.05, 4.69) is 5.10 Å². The predicted molar refractivity (Wildman–Crippen MR) is 59.9 cm³/mol. The minimum absolute atomic E-state index is 0.0681. The van der Waals surface area contributed by atoms with E-state index in [1.54, 1.807) is 0 Å². The average Bonchev–Trinajstić information content (AvgIpc) is 2.71. The van der Waals surface area contributed by atoms with Crippen molar-refractivity contribution in [3.8, 4) is 5.69 Å². The van der Waals surface area contributed by atoms with Crippen LogP contribution in [-0.2, 0) is 0 Å². The summed E-state index contributed by atoms with van der Waals surface area (Å²) >= 11 is 0. The number of nitro benzene ring substituents is 1. The van der Waals surface area contributed by atoms with E-state index < -0.39 is 28.5 Å².